The van der Waals surface area contributed by atoms with Crippen LogP contribution in [0, 0.1) is 0 Å². The lowest BCUT2D eigenvalue weighted by atomic mass is 10.0. The Hall–Kier alpha value is -3.90. The van der Waals surface area contributed by atoms with Gasteiger partial charge >= 0.3 is 0 Å². The number of nitrogens with one attached hydrogen (secondary N) is 2. The van der Waals surface area contributed by atoms with E-state index < -0.39 is 0 Å². The predicted molar refractivity (Wildman–Crippen MR) is 127 cm³/mol. The minimum absolute atomic E-state index is 0.281. The molecule has 0 saturated heterocycles. The molecule has 0 aliphatic rings. The Bertz CT molecular complexity index is 1210. The van der Waals surface area contributed by atoms with Crippen LogP contribution in [0.15, 0.2) is 85.2 Å². The summed E-state index contributed by atoms with van der Waals surface area (Å²) in [7, 11) is 1.56. The van der Waals surface area contributed by atoms with Gasteiger partial charge in [0.2, 0.25) is 0 Å². The van der Waals surface area contributed by atoms with Crippen LogP contribution >= 0.6 is 11.6 Å². The maximum atomic E-state index is 13.1. The lowest BCUT2D eigenvalue weighted by molar-refractivity contribution is 0.102. The Balaban J connectivity index is 1.64. The van der Waals surface area contributed by atoms with Gasteiger partial charge in [0.25, 0.3) is 5.91 Å². The number of halogens is 1. The zero-order chi connectivity index (χ0) is 22.3. The number of amides is 1. The number of benzene rings is 2. The molecule has 0 atom stereocenters. The van der Waals surface area contributed by atoms with Crippen LogP contribution in [-0.4, -0.2) is 23.0 Å². The van der Waals surface area contributed by atoms with E-state index >= 15 is 0 Å². The first-order valence-electron chi connectivity index (χ1n) is 9.98. The molecule has 0 radical (unpaired) electrons. The Kier molecular flexibility index (Phi) is 6.63. The standard InChI is InChI=1S/C25H21ClN4O2/c1-32-19-10-12-23(29-16-19)30-25(31)20-11-9-18(24-21(26)8-5-13-27-24)14-22(20)28-15-17-6-3-2-4-7-17/h2-14,16,28H,15H2,1H3,(H,29,30,31). The number of rotatable bonds is 7. The van der Waals surface area contributed by atoms with Crippen molar-refractivity contribution in [3.05, 3.63) is 101 Å². The van der Waals surface area contributed by atoms with E-state index in [0.29, 0.717) is 40.1 Å². The van der Waals surface area contributed by atoms with E-state index in [0.717, 1.165) is 11.1 Å². The summed E-state index contributed by atoms with van der Waals surface area (Å²) >= 11 is 6.34. The van der Waals surface area contributed by atoms with Crippen molar-refractivity contribution < 1.29 is 9.53 Å². The Labute approximate surface area is 191 Å². The number of carbonyl (C=O) groups is 1. The Morgan fingerprint density at radius 3 is 2.56 bits per heavy atom. The molecule has 4 rings (SSSR count). The predicted octanol–water partition coefficient (Wildman–Crippen LogP) is 5.67. The van der Waals surface area contributed by atoms with Gasteiger partial charge in [-0.1, -0.05) is 48.0 Å². The van der Waals surface area contributed by atoms with Crippen LogP contribution in [0.3, 0.4) is 0 Å². The van der Waals surface area contributed by atoms with Gasteiger partial charge in [0.1, 0.15) is 11.6 Å². The summed E-state index contributed by atoms with van der Waals surface area (Å²) in [5.74, 6) is 0.767. The lowest BCUT2D eigenvalue weighted by Gasteiger charge is -2.14. The van der Waals surface area contributed by atoms with Crippen LogP contribution < -0.4 is 15.4 Å². The van der Waals surface area contributed by atoms with E-state index in [1.807, 2.05) is 42.5 Å². The zero-order valence-electron chi connectivity index (χ0n) is 17.4. The van der Waals surface area contributed by atoms with Crippen LogP contribution in [0.25, 0.3) is 11.3 Å². The van der Waals surface area contributed by atoms with Crippen LogP contribution in [0.2, 0.25) is 5.02 Å². The van der Waals surface area contributed by atoms with E-state index in [2.05, 4.69) is 20.6 Å². The van der Waals surface area contributed by atoms with E-state index in [1.165, 1.54) is 0 Å². The normalized spacial score (nSPS) is 10.4. The third-order valence-corrected chi connectivity index (χ3v) is 5.14. The summed E-state index contributed by atoms with van der Waals surface area (Å²) in [6.45, 7) is 0.557. The largest absolute Gasteiger partial charge is 0.495 e. The van der Waals surface area contributed by atoms with Crippen molar-refractivity contribution in [3.63, 3.8) is 0 Å². The molecule has 0 aliphatic heterocycles. The highest BCUT2D eigenvalue weighted by atomic mass is 35.5. The molecular weight excluding hydrogens is 424 g/mol. The quantitative estimate of drug-likeness (QED) is 0.384. The van der Waals surface area contributed by atoms with Gasteiger partial charge in [0, 0.05) is 24.0 Å². The Morgan fingerprint density at radius 2 is 1.84 bits per heavy atom. The number of ether oxygens (including phenoxy) is 1. The fourth-order valence-corrected chi connectivity index (χ4v) is 3.42. The van der Waals surface area contributed by atoms with E-state index in [1.54, 1.807) is 49.8 Å². The first kappa shape index (κ1) is 21.3. The molecule has 2 aromatic carbocycles. The molecule has 4 aromatic rings. The number of nitrogens with zero attached hydrogens (tertiary/aromatic N) is 2. The number of methoxy groups -OCH3 is 1. The highest BCUT2D eigenvalue weighted by molar-refractivity contribution is 6.33. The maximum absolute atomic E-state index is 13.1. The minimum Gasteiger partial charge on any atom is -0.495 e. The Morgan fingerprint density at radius 1 is 1.00 bits per heavy atom. The van der Waals surface area contributed by atoms with E-state index in [4.69, 9.17) is 16.3 Å². The smallest absolute Gasteiger partial charge is 0.258 e. The van der Waals surface area contributed by atoms with Gasteiger partial charge in [-0.25, -0.2) is 4.98 Å². The van der Waals surface area contributed by atoms with Gasteiger partial charge in [-0.05, 0) is 42.0 Å². The van der Waals surface area contributed by atoms with Crippen LogP contribution in [0.1, 0.15) is 15.9 Å². The molecule has 0 spiro atoms. The fraction of sp³-hybridized carbons (Fsp3) is 0.0800. The van der Waals surface area contributed by atoms with Crippen molar-refractivity contribution in [2.45, 2.75) is 6.54 Å². The second kappa shape index (κ2) is 9.94. The third-order valence-electron chi connectivity index (χ3n) is 4.84. The van der Waals surface area contributed by atoms with Gasteiger partial charge in [-0.3, -0.25) is 9.78 Å². The average molecular weight is 445 g/mol. The van der Waals surface area contributed by atoms with Gasteiger partial charge in [0.15, 0.2) is 0 Å². The van der Waals surface area contributed by atoms with Crippen molar-refractivity contribution in [1.82, 2.24) is 9.97 Å². The van der Waals surface area contributed by atoms with Crippen molar-refractivity contribution in [3.8, 4) is 17.0 Å². The number of carbonyl (C=O) groups excluding carboxylic acids is 1. The van der Waals surface area contributed by atoms with Gasteiger partial charge in [-0.15, -0.1) is 0 Å². The molecule has 1 amide bonds. The first-order valence-corrected chi connectivity index (χ1v) is 10.4. The summed E-state index contributed by atoms with van der Waals surface area (Å²) in [6, 6.07) is 22.4. The molecule has 0 saturated carbocycles. The summed E-state index contributed by atoms with van der Waals surface area (Å²) < 4.78 is 5.11. The lowest BCUT2D eigenvalue weighted by Crippen LogP contribution is -2.15. The maximum Gasteiger partial charge on any atom is 0.258 e. The SMILES string of the molecule is COc1ccc(NC(=O)c2ccc(-c3ncccc3Cl)cc2NCc2ccccc2)nc1. The van der Waals surface area contributed by atoms with Crippen LogP contribution in [0.5, 0.6) is 5.75 Å². The molecule has 7 heteroatoms. The summed E-state index contributed by atoms with van der Waals surface area (Å²) in [4.78, 5) is 21.6. The number of hydrogen-bond acceptors (Lipinski definition) is 5. The van der Waals surface area contributed by atoms with Gasteiger partial charge in [0.05, 0.1) is 29.6 Å². The monoisotopic (exact) mass is 444 g/mol. The molecule has 2 aromatic heterocycles. The van der Waals surface area contributed by atoms with Crippen molar-refractivity contribution in [2.75, 3.05) is 17.7 Å². The second-order valence-electron chi connectivity index (χ2n) is 6.97. The first-order chi connectivity index (χ1) is 15.6. The third kappa shape index (κ3) is 5.04. The van der Waals surface area contributed by atoms with Crippen molar-refractivity contribution >= 4 is 29.0 Å². The summed E-state index contributed by atoms with van der Waals surface area (Å²) in [5, 5.41) is 6.75. The van der Waals surface area contributed by atoms with Crippen molar-refractivity contribution in [2.24, 2.45) is 0 Å². The second-order valence-corrected chi connectivity index (χ2v) is 7.38. The molecule has 2 N–H and O–H groups in total. The fourth-order valence-electron chi connectivity index (χ4n) is 3.19. The summed E-state index contributed by atoms with van der Waals surface area (Å²) in [6.07, 6.45) is 3.24. The molecular formula is C25H21ClN4O2. The molecule has 0 aliphatic carbocycles. The molecule has 6 nitrogen and oxygen atoms in total. The molecule has 0 fully saturated rings. The average Bonchev–Trinajstić information content (AvgIpc) is 2.84. The minimum atomic E-state index is -0.281. The number of pyridine rings is 2. The van der Waals surface area contributed by atoms with E-state index in [9.17, 15) is 4.79 Å². The summed E-state index contributed by atoms with van der Waals surface area (Å²) in [5.41, 5.74) is 3.70. The highest BCUT2D eigenvalue weighted by Crippen LogP contribution is 2.30. The zero-order valence-corrected chi connectivity index (χ0v) is 18.1. The van der Waals surface area contributed by atoms with Gasteiger partial charge < -0.3 is 15.4 Å². The molecule has 2 heterocycles. The van der Waals surface area contributed by atoms with Crippen LogP contribution in [0.4, 0.5) is 11.5 Å². The van der Waals surface area contributed by atoms with E-state index in [-0.39, 0.29) is 5.91 Å². The molecule has 0 bridgehead atoms. The number of anilines is 2. The molecule has 0 unspecified atom stereocenters. The molecule has 32 heavy (non-hydrogen) atoms. The van der Waals surface area contributed by atoms with Crippen molar-refractivity contribution in [1.29, 1.82) is 0 Å². The topological polar surface area (TPSA) is 76.1 Å². The van der Waals surface area contributed by atoms with Crippen LogP contribution in [-0.2, 0) is 6.54 Å². The number of hydrogen-bond donors (Lipinski definition) is 2. The number of aromatic nitrogens is 2. The van der Waals surface area contributed by atoms with Gasteiger partial charge in [-0.2, -0.15) is 0 Å². The molecule has 160 valence electrons. The highest BCUT2D eigenvalue weighted by Gasteiger charge is 2.15.